The van der Waals surface area contributed by atoms with Gasteiger partial charge in [0.25, 0.3) is 0 Å². The fourth-order valence-corrected chi connectivity index (χ4v) is 2.65. The van der Waals surface area contributed by atoms with Crippen LogP contribution < -0.4 is 5.32 Å². The lowest BCUT2D eigenvalue weighted by Crippen LogP contribution is -2.39. The molecule has 1 saturated heterocycles. The van der Waals surface area contributed by atoms with Gasteiger partial charge in [0, 0.05) is 19.6 Å². The van der Waals surface area contributed by atoms with Crippen LogP contribution in [0.1, 0.15) is 47.5 Å². The number of nitrogens with one attached hydrogen (secondary N) is 1. The van der Waals surface area contributed by atoms with Crippen LogP contribution in [0.4, 0.5) is 4.79 Å². The number of hydrogen-bond acceptors (Lipinski definition) is 3. The SMILES string of the molecule is C[C@@H]1C[C@@H](C)CCN(CCNC(=O)OC(C)(C)C)C1. The summed E-state index contributed by atoms with van der Waals surface area (Å²) in [7, 11) is 0. The third kappa shape index (κ3) is 7.41. The Morgan fingerprint density at radius 3 is 2.63 bits per heavy atom. The summed E-state index contributed by atoms with van der Waals surface area (Å²) in [5, 5.41) is 2.83. The number of nitrogens with zero attached hydrogens (tertiary/aromatic N) is 1. The minimum absolute atomic E-state index is 0.316. The molecule has 1 aliphatic heterocycles. The van der Waals surface area contributed by atoms with Crippen LogP contribution in [0.5, 0.6) is 0 Å². The number of carbonyl (C=O) groups excluding carboxylic acids is 1. The van der Waals surface area contributed by atoms with E-state index < -0.39 is 5.60 Å². The van der Waals surface area contributed by atoms with Gasteiger partial charge < -0.3 is 15.0 Å². The molecule has 1 aliphatic rings. The summed E-state index contributed by atoms with van der Waals surface area (Å²) in [6.07, 6.45) is 2.26. The Morgan fingerprint density at radius 1 is 1.32 bits per heavy atom. The van der Waals surface area contributed by atoms with Crippen molar-refractivity contribution in [3.05, 3.63) is 0 Å². The third-order valence-electron chi connectivity index (χ3n) is 3.41. The van der Waals surface area contributed by atoms with E-state index in [4.69, 9.17) is 4.74 Å². The second kappa shape index (κ2) is 7.13. The number of rotatable bonds is 3. The average Bonchev–Trinajstić information content (AvgIpc) is 2.37. The van der Waals surface area contributed by atoms with Gasteiger partial charge in [0.2, 0.25) is 0 Å². The Balaban J connectivity index is 2.23. The van der Waals surface area contributed by atoms with E-state index in [1.165, 1.54) is 12.8 Å². The molecule has 19 heavy (non-hydrogen) atoms. The van der Waals surface area contributed by atoms with Gasteiger partial charge in [-0.2, -0.15) is 0 Å². The van der Waals surface area contributed by atoms with Gasteiger partial charge in [-0.1, -0.05) is 13.8 Å². The van der Waals surface area contributed by atoms with Crippen LogP contribution in [-0.4, -0.2) is 42.8 Å². The van der Waals surface area contributed by atoms with Crippen molar-refractivity contribution in [1.29, 1.82) is 0 Å². The fourth-order valence-electron chi connectivity index (χ4n) is 2.65. The monoisotopic (exact) mass is 270 g/mol. The molecule has 2 atom stereocenters. The number of ether oxygens (including phenoxy) is 1. The molecule has 4 nitrogen and oxygen atoms in total. The van der Waals surface area contributed by atoms with Crippen LogP contribution in [0, 0.1) is 11.8 Å². The van der Waals surface area contributed by atoms with E-state index in [0.717, 1.165) is 31.5 Å². The van der Waals surface area contributed by atoms with Gasteiger partial charge in [-0.15, -0.1) is 0 Å². The molecule has 1 amide bonds. The first kappa shape index (κ1) is 16.3. The van der Waals surface area contributed by atoms with E-state index in [-0.39, 0.29) is 6.09 Å². The second-order valence-corrected chi connectivity index (χ2v) is 6.96. The van der Waals surface area contributed by atoms with Crippen molar-refractivity contribution in [2.45, 2.75) is 53.1 Å². The molecule has 1 N–H and O–H groups in total. The van der Waals surface area contributed by atoms with Gasteiger partial charge >= 0.3 is 6.09 Å². The third-order valence-corrected chi connectivity index (χ3v) is 3.41. The Bertz CT molecular complexity index is 286. The van der Waals surface area contributed by atoms with Crippen molar-refractivity contribution in [2.75, 3.05) is 26.2 Å². The molecule has 0 aromatic rings. The lowest BCUT2D eigenvalue weighted by atomic mass is 9.97. The largest absolute Gasteiger partial charge is 0.444 e. The van der Waals surface area contributed by atoms with Crippen LogP contribution >= 0.6 is 0 Å². The molecule has 0 radical (unpaired) electrons. The minimum atomic E-state index is -0.420. The van der Waals surface area contributed by atoms with E-state index in [0.29, 0.717) is 6.54 Å². The molecule has 0 aromatic carbocycles. The molecule has 1 fully saturated rings. The molecular weight excluding hydrogens is 240 g/mol. The second-order valence-electron chi connectivity index (χ2n) is 6.96. The maximum Gasteiger partial charge on any atom is 0.407 e. The van der Waals surface area contributed by atoms with Crippen molar-refractivity contribution >= 4 is 6.09 Å². The minimum Gasteiger partial charge on any atom is -0.444 e. The normalized spacial score (nSPS) is 25.7. The molecule has 0 unspecified atom stereocenters. The predicted octanol–water partition coefficient (Wildman–Crippen LogP) is 2.88. The molecule has 0 saturated carbocycles. The summed E-state index contributed by atoms with van der Waals surface area (Å²) >= 11 is 0. The van der Waals surface area contributed by atoms with Crippen molar-refractivity contribution in [2.24, 2.45) is 11.8 Å². The maximum atomic E-state index is 11.5. The van der Waals surface area contributed by atoms with E-state index in [1.807, 2.05) is 20.8 Å². The van der Waals surface area contributed by atoms with E-state index in [1.54, 1.807) is 0 Å². The van der Waals surface area contributed by atoms with Crippen molar-refractivity contribution in [3.8, 4) is 0 Å². The zero-order chi connectivity index (χ0) is 14.5. The van der Waals surface area contributed by atoms with Gasteiger partial charge in [0.05, 0.1) is 0 Å². The summed E-state index contributed by atoms with van der Waals surface area (Å²) in [6, 6.07) is 0. The molecule has 0 spiro atoms. The Morgan fingerprint density at radius 2 is 2.00 bits per heavy atom. The standard InChI is InChI=1S/C15H30N2O2/c1-12-6-8-17(11-13(2)10-12)9-7-16-14(18)19-15(3,4)5/h12-13H,6-11H2,1-5H3,(H,16,18)/t12-,13+/m0/s1. The fraction of sp³-hybridized carbons (Fsp3) is 0.933. The lowest BCUT2D eigenvalue weighted by molar-refractivity contribution is 0.0521. The van der Waals surface area contributed by atoms with Crippen LogP contribution in [0.25, 0.3) is 0 Å². The maximum absolute atomic E-state index is 11.5. The van der Waals surface area contributed by atoms with Gasteiger partial charge in [-0.05, 0) is 52.0 Å². The topological polar surface area (TPSA) is 41.6 Å². The van der Waals surface area contributed by atoms with Gasteiger partial charge in [-0.25, -0.2) is 4.79 Å². The van der Waals surface area contributed by atoms with Crippen molar-refractivity contribution in [3.63, 3.8) is 0 Å². The molecule has 1 rings (SSSR count). The van der Waals surface area contributed by atoms with Gasteiger partial charge in [-0.3, -0.25) is 0 Å². The molecule has 0 aliphatic carbocycles. The first-order valence-electron chi connectivity index (χ1n) is 7.45. The van der Waals surface area contributed by atoms with Crippen LogP contribution in [-0.2, 0) is 4.74 Å². The number of hydrogen-bond donors (Lipinski definition) is 1. The number of likely N-dealkylation sites (tertiary alicyclic amines) is 1. The first-order chi connectivity index (χ1) is 8.76. The van der Waals surface area contributed by atoms with E-state index in [9.17, 15) is 4.79 Å². The summed E-state index contributed by atoms with van der Waals surface area (Å²) in [6.45, 7) is 14.1. The number of amides is 1. The average molecular weight is 270 g/mol. The number of carbonyl (C=O) groups is 1. The zero-order valence-electron chi connectivity index (χ0n) is 13.2. The summed E-state index contributed by atoms with van der Waals surface area (Å²) in [5.41, 5.74) is -0.420. The smallest absolute Gasteiger partial charge is 0.407 e. The molecule has 112 valence electrons. The molecule has 1 heterocycles. The van der Waals surface area contributed by atoms with Crippen molar-refractivity contribution in [1.82, 2.24) is 10.2 Å². The van der Waals surface area contributed by atoms with Gasteiger partial charge in [0.1, 0.15) is 5.60 Å². The lowest BCUT2D eigenvalue weighted by Gasteiger charge is -2.23. The highest BCUT2D eigenvalue weighted by Crippen LogP contribution is 2.20. The highest BCUT2D eigenvalue weighted by Gasteiger charge is 2.19. The Kier molecular flexibility index (Phi) is 6.11. The number of alkyl carbamates (subject to hydrolysis) is 1. The quantitative estimate of drug-likeness (QED) is 0.857. The van der Waals surface area contributed by atoms with E-state index >= 15 is 0 Å². The molecule has 0 aromatic heterocycles. The van der Waals surface area contributed by atoms with Crippen LogP contribution in [0.15, 0.2) is 0 Å². The first-order valence-corrected chi connectivity index (χ1v) is 7.45. The zero-order valence-corrected chi connectivity index (χ0v) is 13.2. The van der Waals surface area contributed by atoms with E-state index in [2.05, 4.69) is 24.1 Å². The van der Waals surface area contributed by atoms with Crippen LogP contribution in [0.3, 0.4) is 0 Å². The Labute approximate surface area is 117 Å². The summed E-state index contributed by atoms with van der Waals surface area (Å²) in [4.78, 5) is 14.0. The van der Waals surface area contributed by atoms with Crippen LogP contribution in [0.2, 0.25) is 0 Å². The molecular formula is C15H30N2O2. The molecule has 0 bridgehead atoms. The summed E-state index contributed by atoms with van der Waals surface area (Å²) in [5.74, 6) is 1.57. The van der Waals surface area contributed by atoms with Crippen molar-refractivity contribution < 1.29 is 9.53 Å². The predicted molar refractivity (Wildman–Crippen MR) is 78.2 cm³/mol. The Hall–Kier alpha value is -0.770. The van der Waals surface area contributed by atoms with Gasteiger partial charge in [0.15, 0.2) is 0 Å². The highest BCUT2D eigenvalue weighted by molar-refractivity contribution is 5.67. The molecule has 4 heteroatoms. The summed E-state index contributed by atoms with van der Waals surface area (Å²) < 4.78 is 5.22. The highest BCUT2D eigenvalue weighted by atomic mass is 16.6.